The van der Waals surface area contributed by atoms with Gasteiger partial charge in [0.15, 0.2) is 0 Å². The second-order valence-electron chi connectivity index (χ2n) is 7.75. The van der Waals surface area contributed by atoms with Crippen LogP contribution < -0.4 is 10.2 Å². The van der Waals surface area contributed by atoms with E-state index in [2.05, 4.69) is 15.2 Å². The number of sulfonamides is 1. The second-order valence-corrected chi connectivity index (χ2v) is 9.69. The number of hydrogen-bond donors (Lipinski definition) is 1. The first-order valence-corrected chi connectivity index (χ1v) is 12.1. The van der Waals surface area contributed by atoms with Gasteiger partial charge < -0.3 is 15.0 Å². The van der Waals surface area contributed by atoms with Gasteiger partial charge in [-0.15, -0.1) is 0 Å². The third-order valence-electron chi connectivity index (χ3n) is 5.27. The van der Waals surface area contributed by atoms with E-state index >= 15 is 0 Å². The van der Waals surface area contributed by atoms with Crippen LogP contribution >= 0.6 is 0 Å². The van der Waals surface area contributed by atoms with Crippen LogP contribution in [0.1, 0.15) is 38.1 Å². The van der Waals surface area contributed by atoms with Crippen LogP contribution in [0.4, 0.5) is 15.9 Å². The summed E-state index contributed by atoms with van der Waals surface area (Å²) in [7, 11) is -3.82. The molecule has 1 fully saturated rings. The minimum atomic E-state index is -3.82. The Balaban J connectivity index is 1.77. The summed E-state index contributed by atoms with van der Waals surface area (Å²) in [6.07, 6.45) is 1.66. The van der Waals surface area contributed by atoms with Gasteiger partial charge in [0.2, 0.25) is 10.0 Å². The maximum atomic E-state index is 14.4. The molecule has 0 aliphatic carbocycles. The number of nitrogens with one attached hydrogen (secondary N) is 1. The van der Waals surface area contributed by atoms with E-state index in [9.17, 15) is 17.6 Å². The number of pyridine rings is 1. The van der Waals surface area contributed by atoms with Crippen LogP contribution in [-0.2, 0) is 14.8 Å². The molecule has 8 nitrogen and oxygen atoms in total. The number of nitrogens with zero attached hydrogens (tertiary/aromatic N) is 3. The molecule has 2 atom stereocenters. The summed E-state index contributed by atoms with van der Waals surface area (Å²) in [5, 5.41) is 2.59. The van der Waals surface area contributed by atoms with Gasteiger partial charge in [0.05, 0.1) is 34.6 Å². The lowest BCUT2D eigenvalue weighted by Gasteiger charge is -2.36. The van der Waals surface area contributed by atoms with Crippen molar-refractivity contribution in [2.75, 3.05) is 36.4 Å². The number of hydrogen-bond acceptors (Lipinski definition) is 6. The molecule has 1 N–H and O–H groups in total. The van der Waals surface area contributed by atoms with E-state index in [1.54, 1.807) is 26.0 Å². The fraction of sp³-hybridized carbons (Fsp3) is 0.455. The lowest BCUT2D eigenvalue weighted by Crippen LogP contribution is -2.45. The highest BCUT2D eigenvalue weighted by molar-refractivity contribution is 7.89. The number of benzene rings is 1. The summed E-state index contributed by atoms with van der Waals surface area (Å²) < 4.78 is 46.8. The maximum absolute atomic E-state index is 14.4. The van der Waals surface area contributed by atoms with Gasteiger partial charge in [-0.05, 0) is 44.2 Å². The minimum absolute atomic E-state index is 0.0859. The van der Waals surface area contributed by atoms with Crippen molar-refractivity contribution in [2.45, 2.75) is 44.8 Å². The van der Waals surface area contributed by atoms with E-state index < -0.39 is 21.7 Å². The van der Waals surface area contributed by atoms with Crippen molar-refractivity contribution >= 4 is 27.4 Å². The highest BCUT2D eigenvalue weighted by atomic mass is 32.2. The summed E-state index contributed by atoms with van der Waals surface area (Å²) in [6, 6.07) is 6.68. The quantitative estimate of drug-likeness (QED) is 0.677. The summed E-state index contributed by atoms with van der Waals surface area (Å²) in [5.74, 6) is -0.798. The number of carbonyl (C=O) groups is 1. The lowest BCUT2D eigenvalue weighted by atomic mass is 10.2. The molecule has 3 rings (SSSR count). The molecule has 0 spiro atoms. The van der Waals surface area contributed by atoms with E-state index in [0.717, 1.165) is 18.0 Å². The van der Waals surface area contributed by atoms with Gasteiger partial charge in [-0.1, -0.05) is 13.8 Å². The van der Waals surface area contributed by atoms with E-state index in [0.29, 0.717) is 18.8 Å². The number of morpholine rings is 1. The smallest absolute Gasteiger partial charge is 0.258 e. The molecule has 1 saturated heterocycles. The molecule has 1 aromatic carbocycles. The Hall–Kier alpha value is -2.56. The Morgan fingerprint density at radius 2 is 1.84 bits per heavy atom. The molecule has 32 heavy (non-hydrogen) atoms. The minimum Gasteiger partial charge on any atom is -0.372 e. The van der Waals surface area contributed by atoms with Crippen LogP contribution in [0.5, 0.6) is 0 Å². The van der Waals surface area contributed by atoms with Crippen molar-refractivity contribution in [2.24, 2.45) is 0 Å². The topological polar surface area (TPSA) is 91.8 Å². The van der Waals surface area contributed by atoms with Crippen molar-refractivity contribution in [3.63, 3.8) is 0 Å². The number of rotatable bonds is 7. The molecular weight excluding hydrogens is 435 g/mol. The fourth-order valence-corrected chi connectivity index (χ4v) is 5.25. The van der Waals surface area contributed by atoms with E-state index in [1.807, 2.05) is 13.8 Å². The number of anilines is 2. The summed E-state index contributed by atoms with van der Waals surface area (Å²) in [4.78, 5) is 19.1. The lowest BCUT2D eigenvalue weighted by molar-refractivity contribution is -0.00545. The van der Waals surface area contributed by atoms with Crippen molar-refractivity contribution in [3.8, 4) is 0 Å². The molecule has 1 amide bonds. The number of carbonyl (C=O) groups excluding carboxylic acids is 1. The standard InChI is InChI=1S/C22H29FN4O4S/c1-5-27(6-2)32(29,30)18-8-9-20(23)19(11-18)22(28)25-17-7-10-21(24-12-17)26-13-15(3)31-16(4)14-26/h7-12,15-16H,5-6,13-14H2,1-4H3,(H,25,28). The van der Waals surface area contributed by atoms with E-state index in [4.69, 9.17) is 4.74 Å². The van der Waals surface area contributed by atoms with Crippen molar-refractivity contribution in [3.05, 3.63) is 47.9 Å². The molecule has 2 unspecified atom stereocenters. The van der Waals surface area contributed by atoms with Crippen LogP contribution in [0.3, 0.4) is 0 Å². The van der Waals surface area contributed by atoms with Crippen LogP contribution in [0, 0.1) is 5.82 Å². The number of ether oxygens (including phenoxy) is 1. The first-order chi connectivity index (χ1) is 15.1. The Morgan fingerprint density at radius 3 is 2.41 bits per heavy atom. The van der Waals surface area contributed by atoms with Crippen LogP contribution in [0.25, 0.3) is 0 Å². The van der Waals surface area contributed by atoms with Crippen LogP contribution in [0.15, 0.2) is 41.4 Å². The summed E-state index contributed by atoms with van der Waals surface area (Å²) >= 11 is 0. The molecule has 0 bridgehead atoms. The SMILES string of the molecule is CCN(CC)S(=O)(=O)c1ccc(F)c(C(=O)Nc2ccc(N3CC(C)OC(C)C3)nc2)c1. The monoisotopic (exact) mass is 464 g/mol. The normalized spacial score (nSPS) is 19.2. The fourth-order valence-electron chi connectivity index (χ4n) is 3.76. The summed E-state index contributed by atoms with van der Waals surface area (Å²) in [6.45, 7) is 9.40. The van der Waals surface area contributed by atoms with Crippen molar-refractivity contribution < 1.29 is 22.3 Å². The van der Waals surface area contributed by atoms with Gasteiger partial charge >= 0.3 is 0 Å². The van der Waals surface area contributed by atoms with Crippen molar-refractivity contribution in [1.29, 1.82) is 0 Å². The second kappa shape index (κ2) is 9.93. The average molecular weight is 465 g/mol. The zero-order chi connectivity index (χ0) is 23.5. The van der Waals surface area contributed by atoms with Gasteiger partial charge in [0.1, 0.15) is 11.6 Å². The molecule has 0 radical (unpaired) electrons. The van der Waals surface area contributed by atoms with Crippen molar-refractivity contribution in [1.82, 2.24) is 9.29 Å². The highest BCUT2D eigenvalue weighted by Gasteiger charge is 2.25. The Labute approximate surface area is 188 Å². The van der Waals surface area contributed by atoms with E-state index in [-0.39, 0.29) is 35.8 Å². The number of aromatic nitrogens is 1. The van der Waals surface area contributed by atoms with Crippen LogP contribution in [0.2, 0.25) is 0 Å². The molecule has 1 aromatic heterocycles. The molecule has 0 saturated carbocycles. The zero-order valence-electron chi connectivity index (χ0n) is 18.7. The van der Waals surface area contributed by atoms with Gasteiger partial charge in [0, 0.05) is 26.2 Å². The largest absolute Gasteiger partial charge is 0.372 e. The number of amides is 1. The zero-order valence-corrected chi connectivity index (χ0v) is 19.5. The third-order valence-corrected chi connectivity index (χ3v) is 7.32. The first kappa shape index (κ1) is 24.1. The molecule has 10 heteroatoms. The maximum Gasteiger partial charge on any atom is 0.258 e. The third kappa shape index (κ3) is 5.25. The Bertz CT molecular complexity index is 1050. The molecule has 1 aliphatic heterocycles. The summed E-state index contributed by atoms with van der Waals surface area (Å²) in [5.41, 5.74) is 0.0302. The van der Waals surface area contributed by atoms with E-state index in [1.165, 1.54) is 16.6 Å². The van der Waals surface area contributed by atoms with Crippen LogP contribution in [-0.4, -0.2) is 62.0 Å². The first-order valence-electron chi connectivity index (χ1n) is 10.6. The van der Waals surface area contributed by atoms with Gasteiger partial charge in [-0.2, -0.15) is 4.31 Å². The average Bonchev–Trinajstić information content (AvgIpc) is 2.74. The molecule has 2 heterocycles. The Kier molecular flexibility index (Phi) is 7.47. The van der Waals surface area contributed by atoms with Gasteiger partial charge in [0.25, 0.3) is 5.91 Å². The molecular formula is C22H29FN4O4S. The molecule has 174 valence electrons. The predicted molar refractivity (Wildman–Crippen MR) is 121 cm³/mol. The number of halogens is 1. The predicted octanol–water partition coefficient (Wildman–Crippen LogP) is 3.12. The molecule has 1 aliphatic rings. The molecule has 2 aromatic rings. The van der Waals surface area contributed by atoms with Gasteiger partial charge in [-0.25, -0.2) is 17.8 Å². The van der Waals surface area contributed by atoms with Gasteiger partial charge in [-0.3, -0.25) is 4.79 Å². The Morgan fingerprint density at radius 1 is 1.19 bits per heavy atom. The highest BCUT2D eigenvalue weighted by Crippen LogP contribution is 2.22.